The molecule has 3 heteroatoms. The summed E-state index contributed by atoms with van der Waals surface area (Å²) in [5, 5.41) is 4.72. The largest absolute Gasteiger partial charge is 0.271 e. The summed E-state index contributed by atoms with van der Waals surface area (Å²) in [5.41, 5.74) is 1.13. The third-order valence-corrected chi connectivity index (χ3v) is 1.81. The molecule has 2 nitrogen and oxygen atoms in total. The minimum atomic E-state index is 0.643. The average Bonchev–Trinajstić information content (AvgIpc) is 2.30. The highest BCUT2D eigenvalue weighted by atomic mass is 35.5. The Morgan fingerprint density at radius 3 is 2.60 bits per heavy atom. The molecule has 0 bridgehead atoms. The molecule has 0 aromatic carbocycles. The van der Waals surface area contributed by atoms with Crippen molar-refractivity contribution in [3.8, 4) is 0 Å². The molecule has 0 fully saturated rings. The molecule has 0 saturated carbocycles. The van der Waals surface area contributed by atoms with Gasteiger partial charge in [0.15, 0.2) is 5.15 Å². The molecule has 0 aliphatic heterocycles. The second-order valence-electron chi connectivity index (χ2n) is 2.15. The van der Waals surface area contributed by atoms with Crippen LogP contribution in [-0.2, 0) is 13.0 Å². The van der Waals surface area contributed by atoms with Gasteiger partial charge in [-0.05, 0) is 13.3 Å². The van der Waals surface area contributed by atoms with Crippen molar-refractivity contribution < 1.29 is 0 Å². The van der Waals surface area contributed by atoms with Gasteiger partial charge in [-0.2, -0.15) is 5.10 Å². The van der Waals surface area contributed by atoms with Crippen LogP contribution in [-0.4, -0.2) is 9.78 Å². The quantitative estimate of drug-likeness (QED) is 0.645. The molecule has 0 saturated heterocycles. The lowest BCUT2D eigenvalue weighted by Gasteiger charge is -1.89. The van der Waals surface area contributed by atoms with Crippen LogP contribution in [0.3, 0.4) is 0 Å². The smallest absolute Gasteiger partial charge is 0.154 e. The molecule has 1 rings (SSSR count). The lowest BCUT2D eigenvalue weighted by atomic mass is 10.3. The number of hydrogen-bond donors (Lipinski definition) is 0. The van der Waals surface area contributed by atoms with Gasteiger partial charge in [0.25, 0.3) is 0 Å². The number of halogens is 1. The Morgan fingerprint density at radius 2 is 2.30 bits per heavy atom. The molecule has 0 N–H and O–H groups in total. The van der Waals surface area contributed by atoms with E-state index in [1.165, 1.54) is 0 Å². The van der Waals surface area contributed by atoms with Crippen molar-refractivity contribution >= 4 is 11.6 Å². The van der Waals surface area contributed by atoms with Crippen LogP contribution < -0.4 is 0 Å². The van der Waals surface area contributed by atoms with Crippen LogP contribution in [0.1, 0.15) is 19.4 Å². The Balaban J connectivity index is 2.92. The van der Waals surface area contributed by atoms with Crippen LogP contribution in [0.5, 0.6) is 0 Å². The normalized spacial score (nSPS) is 10.3. The van der Waals surface area contributed by atoms with E-state index in [0.717, 1.165) is 18.5 Å². The van der Waals surface area contributed by atoms with E-state index in [2.05, 4.69) is 12.0 Å². The molecule has 0 unspecified atom stereocenters. The summed E-state index contributed by atoms with van der Waals surface area (Å²) in [7, 11) is 0. The van der Waals surface area contributed by atoms with Crippen molar-refractivity contribution in [2.45, 2.75) is 26.8 Å². The first-order chi connectivity index (χ1) is 4.77. The van der Waals surface area contributed by atoms with Crippen LogP contribution in [0.25, 0.3) is 0 Å². The van der Waals surface area contributed by atoms with Gasteiger partial charge in [0.05, 0.1) is 0 Å². The van der Waals surface area contributed by atoms with Crippen molar-refractivity contribution in [3.63, 3.8) is 0 Å². The molecule has 1 aromatic heterocycles. The monoisotopic (exact) mass is 158 g/mol. The molecule has 0 radical (unpaired) electrons. The van der Waals surface area contributed by atoms with Gasteiger partial charge in [0.2, 0.25) is 0 Å². The minimum absolute atomic E-state index is 0.643. The molecule has 56 valence electrons. The fraction of sp³-hybridized carbons (Fsp3) is 0.571. The lowest BCUT2D eigenvalue weighted by Crippen LogP contribution is -1.92. The highest BCUT2D eigenvalue weighted by Gasteiger charge is 2.01. The second-order valence-corrected chi connectivity index (χ2v) is 2.51. The Labute approximate surface area is 65.8 Å². The van der Waals surface area contributed by atoms with Crippen LogP contribution in [0.2, 0.25) is 5.15 Å². The highest BCUT2D eigenvalue weighted by Crippen LogP contribution is 2.12. The van der Waals surface area contributed by atoms with Gasteiger partial charge in [-0.1, -0.05) is 18.5 Å². The van der Waals surface area contributed by atoms with Crippen molar-refractivity contribution in [1.82, 2.24) is 9.78 Å². The number of rotatable bonds is 2. The van der Waals surface area contributed by atoms with Gasteiger partial charge in [0.1, 0.15) is 0 Å². The highest BCUT2D eigenvalue weighted by molar-refractivity contribution is 6.30. The first-order valence-corrected chi connectivity index (χ1v) is 3.87. The van der Waals surface area contributed by atoms with E-state index in [1.54, 1.807) is 0 Å². The zero-order valence-corrected chi connectivity index (χ0v) is 7.02. The molecule has 1 aromatic rings. The Hall–Kier alpha value is -0.500. The fourth-order valence-corrected chi connectivity index (χ4v) is 1.12. The average molecular weight is 159 g/mol. The Bertz CT molecular complexity index is 217. The lowest BCUT2D eigenvalue weighted by molar-refractivity contribution is 0.659. The fourth-order valence-electron chi connectivity index (χ4n) is 0.838. The summed E-state index contributed by atoms with van der Waals surface area (Å²) in [6.45, 7) is 5.01. The molecule has 10 heavy (non-hydrogen) atoms. The Morgan fingerprint density at radius 1 is 1.60 bits per heavy atom. The van der Waals surface area contributed by atoms with Crippen molar-refractivity contribution in [1.29, 1.82) is 0 Å². The molecule has 1 heterocycles. The predicted molar refractivity (Wildman–Crippen MR) is 42.3 cm³/mol. The molecule has 0 aliphatic rings. The molecule has 0 atom stereocenters. The van der Waals surface area contributed by atoms with E-state index >= 15 is 0 Å². The topological polar surface area (TPSA) is 17.8 Å². The van der Waals surface area contributed by atoms with E-state index in [4.69, 9.17) is 11.6 Å². The summed E-state index contributed by atoms with van der Waals surface area (Å²) in [5.74, 6) is 0. The summed E-state index contributed by atoms with van der Waals surface area (Å²) < 4.78 is 1.85. The van der Waals surface area contributed by atoms with Gasteiger partial charge < -0.3 is 0 Å². The van der Waals surface area contributed by atoms with Crippen molar-refractivity contribution in [2.75, 3.05) is 0 Å². The van der Waals surface area contributed by atoms with E-state index in [-0.39, 0.29) is 0 Å². The first-order valence-electron chi connectivity index (χ1n) is 3.49. The van der Waals surface area contributed by atoms with Gasteiger partial charge >= 0.3 is 0 Å². The van der Waals surface area contributed by atoms with Crippen LogP contribution in [0.4, 0.5) is 0 Å². The maximum absolute atomic E-state index is 5.79. The van der Waals surface area contributed by atoms with Gasteiger partial charge in [0, 0.05) is 18.3 Å². The maximum atomic E-state index is 5.79. The molecular formula is C7H11ClN2. The molecular weight excluding hydrogens is 148 g/mol. The van der Waals surface area contributed by atoms with Crippen LogP contribution >= 0.6 is 11.6 Å². The summed E-state index contributed by atoms with van der Waals surface area (Å²) in [6.07, 6.45) is 2.95. The van der Waals surface area contributed by atoms with E-state index in [1.807, 2.05) is 17.8 Å². The zero-order valence-electron chi connectivity index (χ0n) is 6.26. The standard InChI is InChI=1S/C7H11ClN2/c1-3-6-5-10(4-2)9-7(6)8/h5H,3-4H2,1-2H3. The second kappa shape index (κ2) is 3.06. The SMILES string of the molecule is CCc1cn(CC)nc1Cl. The molecule has 0 spiro atoms. The summed E-state index contributed by atoms with van der Waals surface area (Å²) in [4.78, 5) is 0. The maximum Gasteiger partial charge on any atom is 0.154 e. The number of aryl methyl sites for hydroxylation is 2. The first kappa shape index (κ1) is 7.61. The molecule has 0 aliphatic carbocycles. The third-order valence-electron chi connectivity index (χ3n) is 1.49. The van der Waals surface area contributed by atoms with Crippen LogP contribution in [0, 0.1) is 0 Å². The van der Waals surface area contributed by atoms with E-state index < -0.39 is 0 Å². The van der Waals surface area contributed by atoms with Crippen molar-refractivity contribution in [3.05, 3.63) is 16.9 Å². The summed E-state index contributed by atoms with van der Waals surface area (Å²) >= 11 is 5.79. The molecule has 0 amide bonds. The number of nitrogens with zero attached hydrogens (tertiary/aromatic N) is 2. The van der Waals surface area contributed by atoms with Gasteiger partial charge in [-0.15, -0.1) is 0 Å². The minimum Gasteiger partial charge on any atom is -0.271 e. The predicted octanol–water partition coefficient (Wildman–Crippen LogP) is 2.12. The van der Waals surface area contributed by atoms with Gasteiger partial charge in [-0.3, -0.25) is 4.68 Å². The van der Waals surface area contributed by atoms with Crippen LogP contribution in [0.15, 0.2) is 6.20 Å². The van der Waals surface area contributed by atoms with E-state index in [9.17, 15) is 0 Å². The zero-order chi connectivity index (χ0) is 7.56. The van der Waals surface area contributed by atoms with Gasteiger partial charge in [-0.25, -0.2) is 0 Å². The van der Waals surface area contributed by atoms with E-state index in [0.29, 0.717) is 5.15 Å². The third kappa shape index (κ3) is 1.32. The summed E-state index contributed by atoms with van der Waals surface area (Å²) in [6, 6.07) is 0. The number of aromatic nitrogens is 2. The number of hydrogen-bond acceptors (Lipinski definition) is 1. The Kier molecular flexibility index (Phi) is 2.33. The van der Waals surface area contributed by atoms with Crippen molar-refractivity contribution in [2.24, 2.45) is 0 Å².